The summed E-state index contributed by atoms with van der Waals surface area (Å²) in [5.74, 6) is 1.07. The van der Waals surface area contributed by atoms with Gasteiger partial charge in [0, 0.05) is 13.1 Å². The molecule has 1 saturated heterocycles. The highest BCUT2D eigenvalue weighted by Crippen LogP contribution is 2.25. The summed E-state index contributed by atoms with van der Waals surface area (Å²) >= 11 is 1.35. The molecule has 0 radical (unpaired) electrons. The Kier molecular flexibility index (Phi) is 5.95. The summed E-state index contributed by atoms with van der Waals surface area (Å²) in [6.45, 7) is 7.90. The van der Waals surface area contributed by atoms with Crippen molar-refractivity contribution in [1.82, 2.24) is 14.5 Å². The summed E-state index contributed by atoms with van der Waals surface area (Å²) in [7, 11) is 0. The zero-order valence-electron chi connectivity index (χ0n) is 17.7. The molecular formula is C24H27N3O2S. The van der Waals surface area contributed by atoms with Crippen LogP contribution in [-0.2, 0) is 4.79 Å². The maximum absolute atomic E-state index is 13.4. The molecule has 30 heavy (non-hydrogen) atoms. The fraction of sp³-hybridized carbons (Fsp3) is 0.375. The minimum atomic E-state index is -0.103. The smallest absolute Gasteiger partial charge is 0.266 e. The van der Waals surface area contributed by atoms with Gasteiger partial charge in [0.05, 0.1) is 22.3 Å². The lowest BCUT2D eigenvalue weighted by atomic mass is 9.99. The van der Waals surface area contributed by atoms with E-state index in [0.29, 0.717) is 22.0 Å². The average Bonchev–Trinajstić information content (AvgIpc) is 2.73. The Morgan fingerprint density at radius 2 is 1.87 bits per heavy atom. The highest BCUT2D eigenvalue weighted by molar-refractivity contribution is 7.99. The Morgan fingerprint density at radius 1 is 1.13 bits per heavy atom. The zero-order valence-corrected chi connectivity index (χ0v) is 18.5. The third-order valence-corrected chi connectivity index (χ3v) is 6.72. The molecule has 3 aromatic rings. The molecule has 1 aromatic heterocycles. The van der Waals surface area contributed by atoms with Gasteiger partial charge >= 0.3 is 0 Å². The van der Waals surface area contributed by atoms with Crippen LogP contribution in [0.4, 0.5) is 0 Å². The number of benzene rings is 2. The number of piperidine rings is 1. The fourth-order valence-corrected chi connectivity index (χ4v) is 4.86. The second-order valence-corrected chi connectivity index (χ2v) is 9.14. The number of carbonyl (C=O) groups is 1. The van der Waals surface area contributed by atoms with Crippen molar-refractivity contribution in [3.8, 4) is 5.69 Å². The quantitative estimate of drug-likeness (QED) is 0.464. The molecule has 1 amide bonds. The number of hydrogen-bond acceptors (Lipinski definition) is 4. The molecule has 1 aliphatic rings. The molecule has 5 nitrogen and oxygen atoms in total. The molecule has 0 unspecified atom stereocenters. The van der Waals surface area contributed by atoms with E-state index in [1.165, 1.54) is 11.8 Å². The maximum atomic E-state index is 13.4. The normalized spacial score (nSPS) is 15.0. The second-order valence-electron chi connectivity index (χ2n) is 8.19. The lowest BCUT2D eigenvalue weighted by Gasteiger charge is -2.30. The number of likely N-dealkylation sites (tertiary alicyclic amines) is 1. The predicted octanol–water partition coefficient (Wildman–Crippen LogP) is 4.35. The Hall–Kier alpha value is -2.60. The summed E-state index contributed by atoms with van der Waals surface area (Å²) in [6, 6.07) is 13.4. The minimum absolute atomic E-state index is 0.103. The standard InChI is InChI=1S/C24H27N3O2S/c1-16-10-12-26(13-11-16)22(28)15-30-24-25-20-7-5-4-6-19(20)23(29)27(24)21-9-8-17(2)14-18(21)3/h4-9,14,16H,10-13,15H2,1-3H3. The van der Waals surface area contributed by atoms with Gasteiger partial charge in [0.2, 0.25) is 5.91 Å². The Bertz CT molecular complexity index is 1150. The molecular weight excluding hydrogens is 394 g/mol. The molecule has 0 bridgehead atoms. The molecule has 0 aliphatic carbocycles. The number of thioether (sulfide) groups is 1. The summed E-state index contributed by atoms with van der Waals surface area (Å²) < 4.78 is 1.66. The van der Waals surface area contributed by atoms with Crippen molar-refractivity contribution in [2.24, 2.45) is 5.92 Å². The summed E-state index contributed by atoms with van der Waals surface area (Å²) in [5, 5.41) is 1.14. The summed E-state index contributed by atoms with van der Waals surface area (Å²) in [4.78, 5) is 32.9. The van der Waals surface area contributed by atoms with E-state index in [2.05, 4.69) is 13.0 Å². The van der Waals surface area contributed by atoms with Crippen LogP contribution >= 0.6 is 11.8 Å². The highest BCUT2D eigenvalue weighted by atomic mass is 32.2. The second kappa shape index (κ2) is 8.64. The first-order chi connectivity index (χ1) is 14.4. The van der Waals surface area contributed by atoms with E-state index >= 15 is 0 Å². The molecule has 2 aromatic carbocycles. The minimum Gasteiger partial charge on any atom is -0.342 e. The van der Waals surface area contributed by atoms with Crippen LogP contribution < -0.4 is 5.56 Å². The van der Waals surface area contributed by atoms with Crippen LogP contribution in [0.15, 0.2) is 52.4 Å². The number of aromatic nitrogens is 2. The van der Waals surface area contributed by atoms with Gasteiger partial charge in [0.15, 0.2) is 5.16 Å². The molecule has 0 saturated carbocycles. The van der Waals surface area contributed by atoms with E-state index in [9.17, 15) is 9.59 Å². The van der Waals surface area contributed by atoms with E-state index in [1.807, 2.05) is 49.1 Å². The first kappa shape index (κ1) is 20.7. The molecule has 1 aliphatic heterocycles. The lowest BCUT2D eigenvalue weighted by Crippen LogP contribution is -2.39. The molecule has 0 atom stereocenters. The van der Waals surface area contributed by atoms with E-state index in [0.717, 1.165) is 42.7 Å². The van der Waals surface area contributed by atoms with Crippen molar-refractivity contribution in [2.45, 2.75) is 38.8 Å². The first-order valence-electron chi connectivity index (χ1n) is 10.4. The van der Waals surface area contributed by atoms with Crippen LogP contribution in [-0.4, -0.2) is 39.2 Å². The highest BCUT2D eigenvalue weighted by Gasteiger charge is 2.22. The van der Waals surface area contributed by atoms with Gasteiger partial charge in [0.25, 0.3) is 5.56 Å². The molecule has 2 heterocycles. The van der Waals surface area contributed by atoms with Crippen molar-refractivity contribution < 1.29 is 4.79 Å². The summed E-state index contributed by atoms with van der Waals surface area (Å²) in [6.07, 6.45) is 2.11. The molecule has 0 N–H and O–H groups in total. The third-order valence-electron chi connectivity index (χ3n) is 5.80. The number of para-hydroxylation sites is 1. The van der Waals surface area contributed by atoms with Gasteiger partial charge in [-0.15, -0.1) is 0 Å². The number of carbonyl (C=O) groups excluding carboxylic acids is 1. The monoisotopic (exact) mass is 421 g/mol. The predicted molar refractivity (Wildman–Crippen MR) is 123 cm³/mol. The van der Waals surface area contributed by atoms with E-state index in [-0.39, 0.29) is 17.2 Å². The number of nitrogens with zero attached hydrogens (tertiary/aromatic N) is 3. The van der Waals surface area contributed by atoms with Crippen molar-refractivity contribution in [3.05, 3.63) is 63.9 Å². The van der Waals surface area contributed by atoms with E-state index in [1.54, 1.807) is 10.6 Å². The molecule has 1 fully saturated rings. The van der Waals surface area contributed by atoms with Crippen LogP contribution in [0.5, 0.6) is 0 Å². The molecule has 0 spiro atoms. The van der Waals surface area contributed by atoms with Crippen LogP contribution in [0.2, 0.25) is 0 Å². The van der Waals surface area contributed by atoms with E-state index < -0.39 is 0 Å². The SMILES string of the molecule is Cc1ccc(-n2c(SCC(=O)N3CCC(C)CC3)nc3ccccc3c2=O)c(C)c1. The molecule has 6 heteroatoms. The van der Waals surface area contributed by atoms with Gasteiger partial charge in [-0.3, -0.25) is 14.2 Å². The maximum Gasteiger partial charge on any atom is 0.266 e. The van der Waals surface area contributed by atoms with Gasteiger partial charge in [-0.2, -0.15) is 0 Å². The summed E-state index contributed by atoms with van der Waals surface area (Å²) in [5.41, 5.74) is 3.51. The average molecular weight is 422 g/mol. The van der Waals surface area contributed by atoms with Crippen molar-refractivity contribution in [1.29, 1.82) is 0 Å². The van der Waals surface area contributed by atoms with Crippen LogP contribution in [0.3, 0.4) is 0 Å². The number of hydrogen-bond donors (Lipinski definition) is 0. The molecule has 4 rings (SSSR count). The fourth-order valence-electron chi connectivity index (χ4n) is 3.95. The number of aryl methyl sites for hydroxylation is 2. The van der Waals surface area contributed by atoms with Crippen LogP contribution in [0, 0.1) is 19.8 Å². The van der Waals surface area contributed by atoms with Crippen LogP contribution in [0.25, 0.3) is 16.6 Å². The lowest BCUT2D eigenvalue weighted by molar-refractivity contribution is -0.129. The van der Waals surface area contributed by atoms with Crippen molar-refractivity contribution in [3.63, 3.8) is 0 Å². The van der Waals surface area contributed by atoms with Gasteiger partial charge in [0.1, 0.15) is 0 Å². The van der Waals surface area contributed by atoms with Crippen LogP contribution in [0.1, 0.15) is 30.9 Å². The van der Waals surface area contributed by atoms with Crippen molar-refractivity contribution >= 4 is 28.6 Å². The Balaban J connectivity index is 1.71. The van der Waals surface area contributed by atoms with Gasteiger partial charge in [-0.25, -0.2) is 4.98 Å². The zero-order chi connectivity index (χ0) is 21.3. The molecule has 156 valence electrons. The van der Waals surface area contributed by atoms with Gasteiger partial charge in [-0.1, -0.05) is 48.5 Å². The number of amides is 1. The Labute approximate surface area is 181 Å². The van der Waals surface area contributed by atoms with Gasteiger partial charge in [-0.05, 0) is 56.4 Å². The number of rotatable bonds is 4. The Morgan fingerprint density at radius 3 is 2.60 bits per heavy atom. The largest absolute Gasteiger partial charge is 0.342 e. The van der Waals surface area contributed by atoms with Gasteiger partial charge < -0.3 is 4.90 Å². The first-order valence-corrected chi connectivity index (χ1v) is 11.4. The topological polar surface area (TPSA) is 55.2 Å². The van der Waals surface area contributed by atoms with E-state index in [4.69, 9.17) is 4.98 Å². The third kappa shape index (κ3) is 4.15. The number of fused-ring (bicyclic) bond motifs is 1. The van der Waals surface area contributed by atoms with Crippen molar-refractivity contribution in [2.75, 3.05) is 18.8 Å².